The highest BCUT2D eigenvalue weighted by Crippen LogP contribution is 2.24. The van der Waals surface area contributed by atoms with Gasteiger partial charge < -0.3 is 4.90 Å². The van der Waals surface area contributed by atoms with E-state index in [2.05, 4.69) is 0 Å². The van der Waals surface area contributed by atoms with Crippen molar-refractivity contribution in [2.24, 2.45) is 0 Å². The van der Waals surface area contributed by atoms with Crippen molar-refractivity contribution in [3.05, 3.63) is 70.8 Å². The predicted octanol–water partition coefficient (Wildman–Crippen LogP) is 2.24. The highest BCUT2D eigenvalue weighted by molar-refractivity contribution is 5.96. The molecule has 0 spiro atoms. The van der Waals surface area contributed by atoms with Crippen molar-refractivity contribution in [2.75, 3.05) is 0 Å². The van der Waals surface area contributed by atoms with Crippen LogP contribution in [0, 0.1) is 11.3 Å². The summed E-state index contributed by atoms with van der Waals surface area (Å²) in [7, 11) is 0. The molecule has 107 valence electrons. The van der Waals surface area contributed by atoms with Crippen LogP contribution in [-0.2, 0) is 17.8 Å². The van der Waals surface area contributed by atoms with Crippen LogP contribution in [0.5, 0.6) is 0 Å². The van der Waals surface area contributed by atoms with Crippen LogP contribution in [0.2, 0.25) is 0 Å². The van der Waals surface area contributed by atoms with E-state index in [4.69, 9.17) is 5.26 Å². The van der Waals surface area contributed by atoms with Crippen LogP contribution >= 0.6 is 0 Å². The van der Waals surface area contributed by atoms with Gasteiger partial charge in [0.15, 0.2) is 0 Å². The van der Waals surface area contributed by atoms with E-state index in [0.717, 1.165) is 11.1 Å². The summed E-state index contributed by atoms with van der Waals surface area (Å²) in [4.78, 5) is 25.5. The van der Waals surface area contributed by atoms with Gasteiger partial charge in [-0.15, -0.1) is 0 Å². The zero-order chi connectivity index (χ0) is 15.5. The maximum Gasteiger partial charge on any atom is 0.254 e. The second kappa shape index (κ2) is 5.82. The molecular weight excluding hydrogens is 276 g/mol. The maximum absolute atomic E-state index is 12.7. The molecule has 4 heteroatoms. The van der Waals surface area contributed by atoms with Crippen LogP contribution < -0.4 is 0 Å². The van der Waals surface area contributed by atoms with Crippen molar-refractivity contribution < 1.29 is 9.59 Å². The minimum absolute atomic E-state index is 0.250. The summed E-state index contributed by atoms with van der Waals surface area (Å²) in [6.07, 6.45) is 2.44. The number of benzene rings is 2. The van der Waals surface area contributed by atoms with Crippen LogP contribution in [0.3, 0.4) is 0 Å². The van der Waals surface area contributed by atoms with Crippen molar-refractivity contribution in [3.63, 3.8) is 0 Å². The van der Waals surface area contributed by atoms with Crippen molar-refractivity contribution in [1.29, 1.82) is 5.26 Å². The lowest BCUT2D eigenvalue weighted by Gasteiger charge is -2.33. The van der Waals surface area contributed by atoms with Crippen molar-refractivity contribution in [1.82, 2.24) is 4.90 Å². The summed E-state index contributed by atoms with van der Waals surface area (Å²) in [5, 5.41) is 8.95. The van der Waals surface area contributed by atoms with E-state index < -0.39 is 6.04 Å². The fourth-order valence-corrected chi connectivity index (χ4v) is 2.73. The zero-order valence-electron chi connectivity index (χ0n) is 11.8. The molecule has 22 heavy (non-hydrogen) atoms. The lowest BCUT2D eigenvalue weighted by atomic mass is 9.94. The molecule has 1 heterocycles. The zero-order valence-corrected chi connectivity index (χ0v) is 11.8. The minimum atomic E-state index is -0.590. The standard InChI is InChI=1S/C18H13N2O2/c19-10-13-4-3-7-15(8-13)18(22)20-11-16-6-2-1-5-14(16)9-17(20)12-21/h1-8,17H,9,11H2/t17-/m0/s1. The second-order valence-electron chi connectivity index (χ2n) is 5.23. The molecule has 3 rings (SSSR count). The molecule has 1 aliphatic rings. The molecule has 0 saturated heterocycles. The van der Waals surface area contributed by atoms with Gasteiger partial charge in [0.05, 0.1) is 11.6 Å². The third-order valence-corrected chi connectivity index (χ3v) is 3.88. The second-order valence-corrected chi connectivity index (χ2v) is 5.23. The molecule has 0 unspecified atom stereocenters. The molecule has 0 aliphatic carbocycles. The number of carbonyl (C=O) groups excluding carboxylic acids is 2. The summed E-state index contributed by atoms with van der Waals surface area (Å²) in [5.41, 5.74) is 2.96. The Bertz CT molecular complexity index is 777. The predicted molar refractivity (Wildman–Crippen MR) is 80.7 cm³/mol. The fraction of sp³-hybridized carbons (Fsp3) is 0.167. The van der Waals surface area contributed by atoms with E-state index in [0.29, 0.717) is 24.1 Å². The number of nitrogens with zero attached hydrogens (tertiary/aromatic N) is 2. The summed E-state index contributed by atoms with van der Waals surface area (Å²) in [6.45, 7) is 0.381. The first kappa shape index (κ1) is 14.0. The van der Waals surface area contributed by atoms with Crippen molar-refractivity contribution in [2.45, 2.75) is 19.0 Å². The topological polar surface area (TPSA) is 61.2 Å². The molecule has 2 aromatic carbocycles. The van der Waals surface area contributed by atoms with E-state index in [1.807, 2.05) is 36.6 Å². The number of rotatable bonds is 2. The quantitative estimate of drug-likeness (QED) is 0.851. The number of nitriles is 1. The van der Waals surface area contributed by atoms with E-state index in [9.17, 15) is 9.59 Å². The number of hydrogen-bond acceptors (Lipinski definition) is 3. The number of hydrogen-bond donors (Lipinski definition) is 0. The summed E-state index contributed by atoms with van der Waals surface area (Å²) in [5.74, 6) is -0.250. The average Bonchev–Trinajstić information content (AvgIpc) is 2.59. The van der Waals surface area contributed by atoms with Gasteiger partial charge in [-0.3, -0.25) is 9.59 Å². The van der Waals surface area contributed by atoms with E-state index in [-0.39, 0.29) is 5.91 Å². The molecule has 0 N–H and O–H groups in total. The van der Waals surface area contributed by atoms with E-state index >= 15 is 0 Å². The molecule has 0 aromatic heterocycles. The highest BCUT2D eigenvalue weighted by atomic mass is 16.2. The molecule has 1 aliphatic heterocycles. The van der Waals surface area contributed by atoms with Crippen LogP contribution in [0.25, 0.3) is 0 Å². The monoisotopic (exact) mass is 289 g/mol. The Labute approximate surface area is 128 Å². The molecule has 0 saturated carbocycles. The largest absolute Gasteiger partial charge is 0.323 e. The lowest BCUT2D eigenvalue weighted by molar-refractivity contribution is 0.0694. The Morgan fingerprint density at radius 1 is 1.14 bits per heavy atom. The summed E-state index contributed by atoms with van der Waals surface area (Å²) in [6, 6.07) is 15.7. The number of fused-ring (bicyclic) bond motifs is 1. The molecule has 1 amide bonds. The molecule has 1 radical (unpaired) electrons. The first-order valence-corrected chi connectivity index (χ1v) is 6.98. The van der Waals surface area contributed by atoms with Gasteiger partial charge in [0.2, 0.25) is 6.29 Å². The van der Waals surface area contributed by atoms with Gasteiger partial charge in [-0.05, 0) is 29.3 Å². The van der Waals surface area contributed by atoms with Crippen LogP contribution in [0.4, 0.5) is 0 Å². The molecule has 0 fully saturated rings. The first-order valence-electron chi connectivity index (χ1n) is 6.98. The van der Waals surface area contributed by atoms with Crippen molar-refractivity contribution in [3.8, 4) is 6.07 Å². The Morgan fingerprint density at radius 3 is 2.64 bits per heavy atom. The minimum Gasteiger partial charge on any atom is -0.323 e. The van der Waals surface area contributed by atoms with Crippen LogP contribution in [0.15, 0.2) is 48.5 Å². The number of amides is 1. The summed E-state index contributed by atoms with van der Waals surface area (Å²) < 4.78 is 0. The van der Waals surface area contributed by atoms with Gasteiger partial charge in [0.25, 0.3) is 5.91 Å². The van der Waals surface area contributed by atoms with Crippen molar-refractivity contribution >= 4 is 12.2 Å². The van der Waals surface area contributed by atoms with Crippen LogP contribution in [-0.4, -0.2) is 23.1 Å². The Hall–Kier alpha value is -2.93. The normalized spacial score (nSPS) is 16.5. The Kier molecular flexibility index (Phi) is 3.71. The molecule has 0 bridgehead atoms. The van der Waals surface area contributed by atoms with Gasteiger partial charge in [-0.1, -0.05) is 30.3 Å². The number of carbonyl (C=O) groups is 1. The fourth-order valence-electron chi connectivity index (χ4n) is 2.73. The molecule has 1 atom stereocenters. The van der Waals surface area contributed by atoms with Gasteiger partial charge in [0, 0.05) is 18.5 Å². The van der Waals surface area contributed by atoms with Gasteiger partial charge in [-0.25, -0.2) is 0 Å². The summed E-state index contributed by atoms with van der Waals surface area (Å²) >= 11 is 0. The molecular formula is C18H13N2O2. The Balaban J connectivity index is 1.94. The average molecular weight is 289 g/mol. The Morgan fingerprint density at radius 2 is 1.91 bits per heavy atom. The third-order valence-electron chi connectivity index (χ3n) is 3.88. The van der Waals surface area contributed by atoms with E-state index in [1.165, 1.54) is 4.90 Å². The third kappa shape index (κ3) is 2.49. The molecule has 2 aromatic rings. The van der Waals surface area contributed by atoms with Gasteiger partial charge in [0.1, 0.15) is 6.04 Å². The van der Waals surface area contributed by atoms with E-state index in [1.54, 1.807) is 24.3 Å². The highest BCUT2D eigenvalue weighted by Gasteiger charge is 2.30. The van der Waals surface area contributed by atoms with Gasteiger partial charge in [-0.2, -0.15) is 5.26 Å². The van der Waals surface area contributed by atoms with Crippen LogP contribution in [0.1, 0.15) is 27.0 Å². The lowest BCUT2D eigenvalue weighted by Crippen LogP contribution is -2.45. The first-order chi connectivity index (χ1) is 10.7. The van der Waals surface area contributed by atoms with Gasteiger partial charge >= 0.3 is 0 Å². The SMILES string of the molecule is N#Cc1cccc(C(=O)N2Cc3ccccc3C[C@H]2[C]=O)c1. The molecule has 4 nitrogen and oxygen atoms in total. The smallest absolute Gasteiger partial charge is 0.254 e. The maximum atomic E-state index is 12.7.